The molecule has 1 aliphatic heterocycles. The van der Waals surface area contributed by atoms with Crippen molar-refractivity contribution in [3.8, 4) is 0 Å². The van der Waals surface area contributed by atoms with E-state index in [4.69, 9.17) is 5.11 Å². The van der Waals surface area contributed by atoms with E-state index in [1.807, 2.05) is 6.92 Å². The van der Waals surface area contributed by atoms with Crippen LogP contribution in [-0.2, 0) is 0 Å². The molecule has 2 amide bonds. The Morgan fingerprint density at radius 3 is 2.75 bits per heavy atom. The number of aryl methyl sites for hydroxylation is 1. The van der Waals surface area contributed by atoms with Gasteiger partial charge < -0.3 is 15.3 Å². The highest BCUT2D eigenvalue weighted by molar-refractivity contribution is 5.94. The number of pyridine rings is 1. The van der Waals surface area contributed by atoms with Gasteiger partial charge in [-0.05, 0) is 37.8 Å². The molecule has 1 aromatic heterocycles. The molecule has 20 heavy (non-hydrogen) atoms. The Kier molecular flexibility index (Phi) is 4.55. The van der Waals surface area contributed by atoms with Crippen molar-refractivity contribution in [1.82, 2.24) is 15.2 Å². The summed E-state index contributed by atoms with van der Waals surface area (Å²) in [7, 11) is 0. The first-order valence-electron chi connectivity index (χ1n) is 6.75. The lowest BCUT2D eigenvalue weighted by Gasteiger charge is -2.29. The molecular formula is C14H19N3O3. The summed E-state index contributed by atoms with van der Waals surface area (Å²) in [6.07, 6.45) is 2.35. The van der Waals surface area contributed by atoms with Gasteiger partial charge in [-0.15, -0.1) is 0 Å². The number of nitrogens with zero attached hydrogens (tertiary/aromatic N) is 2. The second-order valence-corrected chi connectivity index (χ2v) is 5.11. The third-order valence-electron chi connectivity index (χ3n) is 3.60. The second-order valence-electron chi connectivity index (χ2n) is 5.11. The van der Waals surface area contributed by atoms with Crippen molar-refractivity contribution in [3.05, 3.63) is 29.6 Å². The SMILES string of the molecule is Cc1cc(C(=O)NCC2CCN(C(=O)O)CC2)ccn1. The summed E-state index contributed by atoms with van der Waals surface area (Å²) in [5.74, 6) is 0.244. The molecule has 0 unspecified atom stereocenters. The van der Waals surface area contributed by atoms with Crippen molar-refractivity contribution < 1.29 is 14.7 Å². The molecule has 0 bridgehead atoms. The van der Waals surface area contributed by atoms with E-state index in [0.717, 1.165) is 18.5 Å². The molecule has 6 nitrogen and oxygen atoms in total. The van der Waals surface area contributed by atoms with Crippen LogP contribution in [-0.4, -0.2) is 46.6 Å². The summed E-state index contributed by atoms with van der Waals surface area (Å²) in [6.45, 7) is 3.53. The van der Waals surface area contributed by atoms with E-state index >= 15 is 0 Å². The molecule has 2 rings (SSSR count). The van der Waals surface area contributed by atoms with Gasteiger partial charge in [0.05, 0.1) is 0 Å². The number of carboxylic acid groups (broad SMARTS) is 1. The molecule has 2 N–H and O–H groups in total. The molecule has 1 saturated heterocycles. The van der Waals surface area contributed by atoms with Crippen molar-refractivity contribution in [2.24, 2.45) is 5.92 Å². The van der Waals surface area contributed by atoms with E-state index in [-0.39, 0.29) is 5.91 Å². The van der Waals surface area contributed by atoms with E-state index < -0.39 is 6.09 Å². The van der Waals surface area contributed by atoms with Crippen molar-refractivity contribution in [3.63, 3.8) is 0 Å². The topological polar surface area (TPSA) is 82.5 Å². The van der Waals surface area contributed by atoms with Gasteiger partial charge in [0.1, 0.15) is 0 Å². The fourth-order valence-electron chi connectivity index (χ4n) is 2.35. The van der Waals surface area contributed by atoms with E-state index in [9.17, 15) is 9.59 Å². The number of aromatic nitrogens is 1. The largest absolute Gasteiger partial charge is 0.465 e. The Balaban J connectivity index is 1.79. The maximum atomic E-state index is 12.0. The van der Waals surface area contributed by atoms with Crippen LogP contribution in [0.25, 0.3) is 0 Å². The standard InChI is InChI=1S/C14H19N3O3/c1-10-8-12(2-5-15-10)13(18)16-9-11-3-6-17(7-4-11)14(19)20/h2,5,8,11H,3-4,6-7,9H2,1H3,(H,16,18)(H,19,20). The highest BCUT2D eigenvalue weighted by atomic mass is 16.4. The number of carbonyl (C=O) groups is 2. The van der Waals surface area contributed by atoms with Gasteiger partial charge in [-0.25, -0.2) is 4.79 Å². The van der Waals surface area contributed by atoms with Crippen molar-refractivity contribution in [2.75, 3.05) is 19.6 Å². The Labute approximate surface area is 117 Å². The Hall–Kier alpha value is -2.11. The van der Waals surface area contributed by atoms with Crippen LogP contribution in [0.1, 0.15) is 28.9 Å². The summed E-state index contributed by atoms with van der Waals surface area (Å²) in [5.41, 5.74) is 1.42. The molecule has 0 saturated carbocycles. The maximum absolute atomic E-state index is 12.0. The summed E-state index contributed by atoms with van der Waals surface area (Å²) >= 11 is 0. The Bertz CT molecular complexity index is 496. The summed E-state index contributed by atoms with van der Waals surface area (Å²) < 4.78 is 0. The van der Waals surface area contributed by atoms with Crippen LogP contribution in [0.2, 0.25) is 0 Å². The monoisotopic (exact) mass is 277 g/mol. The predicted octanol–water partition coefficient (Wildman–Crippen LogP) is 1.51. The van der Waals surface area contributed by atoms with Gasteiger partial charge in [0.25, 0.3) is 5.91 Å². The van der Waals surface area contributed by atoms with Crippen LogP contribution in [0.3, 0.4) is 0 Å². The average Bonchev–Trinajstić information content (AvgIpc) is 2.45. The zero-order chi connectivity index (χ0) is 14.5. The quantitative estimate of drug-likeness (QED) is 0.877. The minimum absolute atomic E-state index is 0.101. The first kappa shape index (κ1) is 14.3. The molecule has 0 atom stereocenters. The van der Waals surface area contributed by atoms with Crippen LogP contribution in [0.4, 0.5) is 4.79 Å². The smallest absolute Gasteiger partial charge is 0.407 e. The summed E-state index contributed by atoms with van der Waals surface area (Å²) in [5, 5.41) is 11.8. The fourth-order valence-corrected chi connectivity index (χ4v) is 2.35. The van der Waals surface area contributed by atoms with Crippen LogP contribution in [0, 0.1) is 12.8 Å². The van der Waals surface area contributed by atoms with Gasteiger partial charge >= 0.3 is 6.09 Å². The highest BCUT2D eigenvalue weighted by Gasteiger charge is 2.22. The molecule has 0 aliphatic carbocycles. The molecule has 0 radical (unpaired) electrons. The van der Waals surface area contributed by atoms with Crippen molar-refractivity contribution >= 4 is 12.0 Å². The normalized spacial score (nSPS) is 15.9. The average molecular weight is 277 g/mol. The number of amides is 2. The maximum Gasteiger partial charge on any atom is 0.407 e. The minimum Gasteiger partial charge on any atom is -0.465 e. The zero-order valence-electron chi connectivity index (χ0n) is 11.5. The summed E-state index contributed by atoms with van der Waals surface area (Å²) in [6, 6.07) is 3.44. The van der Waals surface area contributed by atoms with Gasteiger partial charge in [-0.2, -0.15) is 0 Å². The third-order valence-corrected chi connectivity index (χ3v) is 3.60. The molecule has 0 spiro atoms. The predicted molar refractivity (Wildman–Crippen MR) is 73.6 cm³/mol. The molecule has 0 aromatic carbocycles. The van der Waals surface area contributed by atoms with E-state index in [1.165, 1.54) is 4.90 Å². The lowest BCUT2D eigenvalue weighted by molar-refractivity contribution is 0.0928. The molecule has 108 valence electrons. The molecule has 1 aliphatic rings. The first-order valence-corrected chi connectivity index (χ1v) is 6.75. The van der Waals surface area contributed by atoms with Crippen molar-refractivity contribution in [2.45, 2.75) is 19.8 Å². The minimum atomic E-state index is -0.861. The lowest BCUT2D eigenvalue weighted by atomic mass is 9.97. The number of rotatable bonds is 3. The van der Waals surface area contributed by atoms with Crippen molar-refractivity contribution in [1.29, 1.82) is 0 Å². The van der Waals surface area contributed by atoms with E-state index in [2.05, 4.69) is 10.3 Å². The molecule has 1 aromatic rings. The Morgan fingerprint density at radius 2 is 2.15 bits per heavy atom. The van der Waals surface area contributed by atoms with Gasteiger partial charge in [-0.1, -0.05) is 0 Å². The fraction of sp³-hybridized carbons (Fsp3) is 0.500. The number of likely N-dealkylation sites (tertiary alicyclic amines) is 1. The number of carbonyl (C=O) groups excluding carboxylic acids is 1. The van der Waals surface area contributed by atoms with Crippen LogP contribution in [0.5, 0.6) is 0 Å². The molecule has 2 heterocycles. The van der Waals surface area contributed by atoms with Crippen LogP contribution < -0.4 is 5.32 Å². The second kappa shape index (κ2) is 6.36. The zero-order valence-corrected chi connectivity index (χ0v) is 11.5. The molecule has 1 fully saturated rings. The van der Waals surface area contributed by atoms with Crippen LogP contribution >= 0.6 is 0 Å². The van der Waals surface area contributed by atoms with Gasteiger partial charge in [0, 0.05) is 37.1 Å². The number of piperidine rings is 1. The van der Waals surface area contributed by atoms with Crippen LogP contribution in [0.15, 0.2) is 18.3 Å². The lowest BCUT2D eigenvalue weighted by Crippen LogP contribution is -2.40. The number of hydrogen-bond acceptors (Lipinski definition) is 3. The van der Waals surface area contributed by atoms with E-state index in [0.29, 0.717) is 31.1 Å². The van der Waals surface area contributed by atoms with E-state index in [1.54, 1.807) is 18.3 Å². The highest BCUT2D eigenvalue weighted by Crippen LogP contribution is 2.16. The molecular weight excluding hydrogens is 258 g/mol. The number of nitrogens with one attached hydrogen (secondary N) is 1. The van der Waals surface area contributed by atoms with Gasteiger partial charge in [0.2, 0.25) is 0 Å². The summed E-state index contributed by atoms with van der Waals surface area (Å²) in [4.78, 5) is 28.2. The van der Waals surface area contributed by atoms with Gasteiger partial charge in [0.15, 0.2) is 0 Å². The first-order chi connectivity index (χ1) is 9.56. The molecule has 6 heteroatoms. The third kappa shape index (κ3) is 3.69. The number of hydrogen-bond donors (Lipinski definition) is 2. The Morgan fingerprint density at radius 1 is 1.45 bits per heavy atom. The van der Waals surface area contributed by atoms with Gasteiger partial charge in [-0.3, -0.25) is 9.78 Å².